The summed E-state index contributed by atoms with van der Waals surface area (Å²) < 4.78 is 0. The van der Waals surface area contributed by atoms with Gasteiger partial charge in [0, 0.05) is 44.1 Å². The van der Waals surface area contributed by atoms with E-state index in [1.54, 1.807) is 0 Å². The van der Waals surface area contributed by atoms with Gasteiger partial charge >= 0.3 is 0 Å². The van der Waals surface area contributed by atoms with Crippen LogP contribution in [0.2, 0.25) is 0 Å². The topological polar surface area (TPSA) is 82.2 Å². The minimum absolute atomic E-state index is 0.0218. The SMILES string of the molecule is Cc1nc([C@@]23CN(C(=O)CCc4ccccc4)C[C@@H]2CN(C(=O)c2ccccc2)C3)n[nH]1. The van der Waals surface area contributed by atoms with E-state index in [4.69, 9.17) is 0 Å². The van der Waals surface area contributed by atoms with Gasteiger partial charge in [-0.1, -0.05) is 48.5 Å². The molecule has 7 heteroatoms. The number of fused-ring (bicyclic) bond motifs is 1. The van der Waals surface area contributed by atoms with Gasteiger partial charge < -0.3 is 9.80 Å². The van der Waals surface area contributed by atoms with Gasteiger partial charge in [-0.25, -0.2) is 4.98 Å². The van der Waals surface area contributed by atoms with Crippen molar-refractivity contribution in [1.82, 2.24) is 25.0 Å². The standard InChI is InChI=1S/C25H27N5O2/c1-18-26-24(28-27-18)25-16-29(22(31)13-12-19-8-4-2-5-9-19)14-21(25)15-30(17-25)23(32)20-10-6-3-7-11-20/h2-11,21H,12-17H2,1H3,(H,26,27,28)/t21-,25-/m1/s1. The summed E-state index contributed by atoms with van der Waals surface area (Å²) in [6, 6.07) is 19.5. The number of hydrogen-bond acceptors (Lipinski definition) is 4. The lowest BCUT2D eigenvalue weighted by Crippen LogP contribution is -2.42. The Balaban J connectivity index is 1.35. The Morgan fingerprint density at radius 1 is 1.00 bits per heavy atom. The van der Waals surface area contributed by atoms with Crippen LogP contribution >= 0.6 is 0 Å². The molecule has 2 atom stereocenters. The molecule has 2 aliphatic rings. The minimum atomic E-state index is -0.433. The Hall–Kier alpha value is -3.48. The fraction of sp³-hybridized carbons (Fsp3) is 0.360. The zero-order valence-corrected chi connectivity index (χ0v) is 18.2. The molecule has 2 saturated heterocycles. The van der Waals surface area contributed by atoms with E-state index in [1.807, 2.05) is 65.3 Å². The van der Waals surface area contributed by atoms with Crippen molar-refractivity contribution >= 4 is 11.8 Å². The van der Waals surface area contributed by atoms with Crippen molar-refractivity contribution in [2.45, 2.75) is 25.2 Å². The molecule has 32 heavy (non-hydrogen) atoms. The lowest BCUT2D eigenvalue weighted by Gasteiger charge is -2.27. The number of aromatic nitrogens is 3. The smallest absolute Gasteiger partial charge is 0.253 e. The van der Waals surface area contributed by atoms with E-state index < -0.39 is 5.41 Å². The lowest BCUT2D eigenvalue weighted by molar-refractivity contribution is -0.130. The number of likely N-dealkylation sites (tertiary alicyclic amines) is 2. The third-order valence-electron chi connectivity index (χ3n) is 6.78. The van der Waals surface area contributed by atoms with Crippen molar-refractivity contribution in [2.75, 3.05) is 26.2 Å². The van der Waals surface area contributed by atoms with E-state index in [0.29, 0.717) is 44.0 Å². The van der Waals surface area contributed by atoms with Crippen molar-refractivity contribution in [3.8, 4) is 0 Å². The number of H-pyrrole nitrogens is 1. The molecule has 0 bridgehead atoms. The van der Waals surface area contributed by atoms with Crippen LogP contribution in [0.1, 0.15) is 34.0 Å². The van der Waals surface area contributed by atoms with Crippen LogP contribution in [0.4, 0.5) is 0 Å². The zero-order chi connectivity index (χ0) is 22.1. The second-order valence-corrected chi connectivity index (χ2v) is 8.91. The van der Waals surface area contributed by atoms with Gasteiger partial charge in [0.15, 0.2) is 5.82 Å². The average Bonchev–Trinajstić information content (AvgIpc) is 3.51. The number of rotatable bonds is 5. The average molecular weight is 430 g/mol. The summed E-state index contributed by atoms with van der Waals surface area (Å²) in [6.45, 7) is 4.16. The van der Waals surface area contributed by atoms with Crippen LogP contribution in [0.3, 0.4) is 0 Å². The molecule has 2 fully saturated rings. The highest BCUT2D eigenvalue weighted by Crippen LogP contribution is 2.44. The first kappa shape index (κ1) is 20.4. The van der Waals surface area contributed by atoms with Crippen LogP contribution in [-0.2, 0) is 16.6 Å². The molecule has 1 N–H and O–H groups in total. The number of hydrogen-bond donors (Lipinski definition) is 1. The number of nitrogens with zero attached hydrogens (tertiary/aromatic N) is 4. The molecule has 0 spiro atoms. The summed E-state index contributed by atoms with van der Waals surface area (Å²) in [5.74, 6) is 1.74. The van der Waals surface area contributed by atoms with Crippen LogP contribution in [0, 0.1) is 12.8 Å². The van der Waals surface area contributed by atoms with Crippen LogP contribution in [0.25, 0.3) is 0 Å². The Labute approximate surface area is 187 Å². The third-order valence-corrected chi connectivity index (χ3v) is 6.78. The number of carbonyl (C=O) groups excluding carboxylic acids is 2. The minimum Gasteiger partial charge on any atom is -0.341 e. The first-order valence-electron chi connectivity index (χ1n) is 11.1. The first-order chi connectivity index (χ1) is 15.5. The Kier molecular flexibility index (Phi) is 5.25. The largest absolute Gasteiger partial charge is 0.341 e. The number of aromatic amines is 1. The summed E-state index contributed by atoms with van der Waals surface area (Å²) in [4.78, 5) is 34.7. The van der Waals surface area contributed by atoms with Crippen molar-refractivity contribution < 1.29 is 9.59 Å². The Bertz CT molecular complexity index is 1110. The molecule has 0 saturated carbocycles. The van der Waals surface area contributed by atoms with Gasteiger partial charge in [-0.05, 0) is 31.0 Å². The first-order valence-corrected chi connectivity index (χ1v) is 11.1. The molecule has 5 rings (SSSR count). The van der Waals surface area contributed by atoms with Crippen molar-refractivity contribution in [3.63, 3.8) is 0 Å². The maximum Gasteiger partial charge on any atom is 0.253 e. The summed E-state index contributed by atoms with van der Waals surface area (Å²) >= 11 is 0. The molecule has 2 aromatic carbocycles. The van der Waals surface area contributed by atoms with Crippen molar-refractivity contribution in [2.24, 2.45) is 5.92 Å². The fourth-order valence-corrected chi connectivity index (χ4v) is 5.11. The molecule has 7 nitrogen and oxygen atoms in total. The van der Waals surface area contributed by atoms with Gasteiger partial charge in [0.05, 0.1) is 5.41 Å². The van der Waals surface area contributed by atoms with E-state index in [1.165, 1.54) is 5.56 Å². The molecule has 164 valence electrons. The van der Waals surface area contributed by atoms with Crippen molar-refractivity contribution in [1.29, 1.82) is 0 Å². The summed E-state index contributed by atoms with van der Waals surface area (Å²) in [5, 5.41) is 7.42. The normalized spacial score (nSPS) is 22.2. The highest BCUT2D eigenvalue weighted by Gasteiger charge is 2.57. The summed E-state index contributed by atoms with van der Waals surface area (Å²) in [7, 11) is 0. The van der Waals surface area contributed by atoms with Gasteiger partial charge in [-0.3, -0.25) is 14.7 Å². The number of nitrogens with one attached hydrogen (secondary N) is 1. The molecular formula is C25H27N5O2. The predicted octanol–water partition coefficient (Wildman–Crippen LogP) is 2.60. The van der Waals surface area contributed by atoms with Crippen LogP contribution in [-0.4, -0.2) is 63.0 Å². The molecule has 3 heterocycles. The Morgan fingerprint density at radius 3 is 2.34 bits per heavy atom. The molecule has 2 aliphatic heterocycles. The van der Waals surface area contributed by atoms with Crippen molar-refractivity contribution in [3.05, 3.63) is 83.4 Å². The lowest BCUT2D eigenvalue weighted by atomic mass is 9.80. The van der Waals surface area contributed by atoms with E-state index in [-0.39, 0.29) is 17.7 Å². The van der Waals surface area contributed by atoms with Gasteiger partial charge in [0.1, 0.15) is 5.82 Å². The second kappa shape index (κ2) is 8.22. The summed E-state index contributed by atoms with van der Waals surface area (Å²) in [6.07, 6.45) is 1.21. The molecule has 2 amide bonds. The number of amides is 2. The number of aryl methyl sites for hydroxylation is 2. The number of benzene rings is 2. The highest BCUT2D eigenvalue weighted by molar-refractivity contribution is 5.94. The Morgan fingerprint density at radius 2 is 1.66 bits per heavy atom. The zero-order valence-electron chi connectivity index (χ0n) is 18.2. The van der Waals surface area contributed by atoms with E-state index in [9.17, 15) is 9.59 Å². The van der Waals surface area contributed by atoms with Gasteiger partial charge in [-0.15, -0.1) is 0 Å². The summed E-state index contributed by atoms with van der Waals surface area (Å²) in [5.41, 5.74) is 1.42. The molecule has 0 radical (unpaired) electrons. The molecule has 0 aliphatic carbocycles. The molecular weight excluding hydrogens is 402 g/mol. The van der Waals surface area contributed by atoms with Crippen LogP contribution in [0.15, 0.2) is 60.7 Å². The molecule has 0 unspecified atom stereocenters. The number of carbonyl (C=O) groups is 2. The van der Waals surface area contributed by atoms with E-state index in [2.05, 4.69) is 27.3 Å². The van der Waals surface area contributed by atoms with E-state index >= 15 is 0 Å². The maximum absolute atomic E-state index is 13.1. The monoisotopic (exact) mass is 429 g/mol. The maximum atomic E-state index is 13.1. The van der Waals surface area contributed by atoms with Gasteiger partial charge in [0.25, 0.3) is 5.91 Å². The van der Waals surface area contributed by atoms with E-state index in [0.717, 1.165) is 12.2 Å². The van der Waals surface area contributed by atoms with Crippen LogP contribution in [0.5, 0.6) is 0 Å². The second-order valence-electron chi connectivity index (χ2n) is 8.91. The van der Waals surface area contributed by atoms with Gasteiger partial charge in [0.2, 0.25) is 5.91 Å². The quantitative estimate of drug-likeness (QED) is 0.676. The highest BCUT2D eigenvalue weighted by atomic mass is 16.2. The fourth-order valence-electron chi connectivity index (χ4n) is 5.11. The molecule has 3 aromatic rings. The third kappa shape index (κ3) is 3.68. The van der Waals surface area contributed by atoms with Crippen LogP contribution < -0.4 is 0 Å². The predicted molar refractivity (Wildman–Crippen MR) is 120 cm³/mol. The molecule has 1 aromatic heterocycles. The van der Waals surface area contributed by atoms with Gasteiger partial charge in [-0.2, -0.15) is 5.10 Å².